The van der Waals surface area contributed by atoms with Crippen molar-refractivity contribution in [1.29, 1.82) is 0 Å². The molecule has 26 heavy (non-hydrogen) atoms. The summed E-state index contributed by atoms with van der Waals surface area (Å²) in [5.74, 6) is 1.77. The molecule has 0 bridgehead atoms. The fraction of sp³-hybridized carbons (Fsp3) is 0.400. The van der Waals surface area contributed by atoms with E-state index < -0.39 is 0 Å². The summed E-state index contributed by atoms with van der Waals surface area (Å²) in [6.45, 7) is 4.60. The molecular formula is C20H24N2O3S. The van der Waals surface area contributed by atoms with Crippen LogP contribution >= 0.6 is 11.8 Å². The van der Waals surface area contributed by atoms with E-state index in [1.807, 2.05) is 19.2 Å². The molecule has 1 saturated heterocycles. The number of nitrogens with one attached hydrogen (secondary N) is 1. The monoisotopic (exact) mass is 372 g/mol. The summed E-state index contributed by atoms with van der Waals surface area (Å²) in [4.78, 5) is 26.2. The van der Waals surface area contributed by atoms with E-state index in [4.69, 9.17) is 4.42 Å². The molecule has 1 aliphatic heterocycles. The third-order valence-corrected chi connectivity index (χ3v) is 5.23. The minimum Gasteiger partial charge on any atom is -0.455 e. The maximum atomic E-state index is 12.8. The predicted octanol–water partition coefficient (Wildman–Crippen LogP) is 3.20. The highest BCUT2D eigenvalue weighted by Gasteiger charge is 2.37. The maximum Gasteiger partial charge on any atom is 0.289 e. The molecule has 2 aromatic rings. The highest BCUT2D eigenvalue weighted by atomic mass is 32.2. The van der Waals surface area contributed by atoms with Crippen LogP contribution in [0.15, 0.2) is 40.8 Å². The van der Waals surface area contributed by atoms with Crippen LogP contribution in [0.25, 0.3) is 0 Å². The molecule has 5 nitrogen and oxygen atoms in total. The lowest BCUT2D eigenvalue weighted by Crippen LogP contribution is -2.39. The van der Waals surface area contributed by atoms with Crippen LogP contribution in [0.3, 0.4) is 0 Å². The van der Waals surface area contributed by atoms with Crippen LogP contribution in [0.1, 0.15) is 40.3 Å². The number of hydrogen-bond acceptors (Lipinski definition) is 4. The standard InChI is InChI=1S/C20H24N2O3S/c1-13-4-6-15(7-5-13)17-10-22(11-18(17)21-14(2)23)20(24)19-9-8-16(25-19)12-26-3/h4-9,17-18H,10-12H2,1-3H3,(H,21,23)/t17-,18+/m0/s1. The summed E-state index contributed by atoms with van der Waals surface area (Å²) in [6, 6.07) is 11.8. The number of benzene rings is 1. The summed E-state index contributed by atoms with van der Waals surface area (Å²) < 4.78 is 5.67. The van der Waals surface area contributed by atoms with Gasteiger partial charge in [-0.15, -0.1) is 0 Å². The minimum atomic E-state index is -0.123. The van der Waals surface area contributed by atoms with Crippen molar-refractivity contribution >= 4 is 23.6 Å². The molecule has 0 unspecified atom stereocenters. The third-order valence-electron chi connectivity index (χ3n) is 4.66. The maximum absolute atomic E-state index is 12.8. The Balaban J connectivity index is 1.79. The largest absolute Gasteiger partial charge is 0.455 e. The van der Waals surface area contributed by atoms with Crippen LogP contribution in [-0.4, -0.2) is 42.1 Å². The molecule has 0 spiro atoms. The first kappa shape index (κ1) is 18.6. The Kier molecular flexibility index (Phi) is 5.71. The van der Waals surface area contributed by atoms with Crippen LogP contribution in [0.5, 0.6) is 0 Å². The van der Waals surface area contributed by atoms with Gasteiger partial charge in [0.05, 0.1) is 11.8 Å². The van der Waals surface area contributed by atoms with E-state index in [1.165, 1.54) is 12.5 Å². The average molecular weight is 372 g/mol. The molecule has 1 aromatic heterocycles. The van der Waals surface area contributed by atoms with Crippen LogP contribution in [0.2, 0.25) is 0 Å². The number of nitrogens with zero attached hydrogens (tertiary/aromatic N) is 1. The molecule has 0 saturated carbocycles. The van der Waals surface area contributed by atoms with Crippen LogP contribution < -0.4 is 5.32 Å². The first-order valence-electron chi connectivity index (χ1n) is 8.68. The van der Waals surface area contributed by atoms with E-state index in [2.05, 4.69) is 29.6 Å². The van der Waals surface area contributed by atoms with Gasteiger partial charge in [0.2, 0.25) is 5.91 Å². The number of likely N-dealkylation sites (tertiary alicyclic amines) is 1. The van der Waals surface area contributed by atoms with Gasteiger partial charge in [-0.05, 0) is 30.9 Å². The van der Waals surface area contributed by atoms with Crippen LogP contribution in [0.4, 0.5) is 0 Å². The van der Waals surface area contributed by atoms with Gasteiger partial charge in [0.1, 0.15) is 5.76 Å². The zero-order chi connectivity index (χ0) is 18.7. The minimum absolute atomic E-state index is 0.0732. The first-order chi connectivity index (χ1) is 12.5. The second-order valence-electron chi connectivity index (χ2n) is 6.73. The molecular weight excluding hydrogens is 348 g/mol. The molecule has 1 fully saturated rings. The van der Waals surface area contributed by atoms with E-state index in [-0.39, 0.29) is 23.8 Å². The SMILES string of the molecule is CSCc1ccc(C(=O)N2C[C@@H](NC(C)=O)[C@H](c3ccc(C)cc3)C2)o1. The third kappa shape index (κ3) is 4.12. The lowest BCUT2D eigenvalue weighted by atomic mass is 9.93. The number of aryl methyl sites for hydroxylation is 1. The van der Waals surface area contributed by atoms with Gasteiger partial charge in [0.25, 0.3) is 5.91 Å². The van der Waals surface area contributed by atoms with Crippen molar-refractivity contribution in [2.24, 2.45) is 0 Å². The van der Waals surface area contributed by atoms with Gasteiger partial charge in [-0.2, -0.15) is 11.8 Å². The molecule has 1 aromatic carbocycles. The van der Waals surface area contributed by atoms with E-state index in [9.17, 15) is 9.59 Å². The van der Waals surface area contributed by atoms with Crippen molar-refractivity contribution < 1.29 is 14.0 Å². The van der Waals surface area contributed by atoms with Gasteiger partial charge in [-0.25, -0.2) is 0 Å². The predicted molar refractivity (Wildman–Crippen MR) is 103 cm³/mol. The van der Waals surface area contributed by atoms with Crippen molar-refractivity contribution in [2.45, 2.75) is 31.6 Å². The van der Waals surface area contributed by atoms with E-state index in [0.717, 1.165) is 17.1 Å². The summed E-state index contributed by atoms with van der Waals surface area (Å²) in [7, 11) is 0. The molecule has 2 amide bonds. The molecule has 6 heteroatoms. The number of carbonyl (C=O) groups excluding carboxylic acids is 2. The van der Waals surface area contributed by atoms with E-state index >= 15 is 0 Å². The lowest BCUT2D eigenvalue weighted by molar-refractivity contribution is -0.119. The van der Waals surface area contributed by atoms with Gasteiger partial charge in [0, 0.05) is 25.9 Å². The fourth-order valence-electron chi connectivity index (χ4n) is 3.40. The van der Waals surface area contributed by atoms with Crippen molar-refractivity contribution in [3.63, 3.8) is 0 Å². The summed E-state index contributed by atoms with van der Waals surface area (Å²) in [5, 5.41) is 3.00. The van der Waals surface area contributed by atoms with Gasteiger partial charge >= 0.3 is 0 Å². The highest BCUT2D eigenvalue weighted by Crippen LogP contribution is 2.29. The van der Waals surface area contributed by atoms with Gasteiger partial charge in [-0.3, -0.25) is 9.59 Å². The molecule has 0 aliphatic carbocycles. The molecule has 138 valence electrons. The number of thioether (sulfide) groups is 1. The van der Waals surface area contributed by atoms with Crippen molar-refractivity contribution in [2.75, 3.05) is 19.3 Å². The van der Waals surface area contributed by atoms with Crippen molar-refractivity contribution in [3.05, 3.63) is 59.0 Å². The molecule has 0 radical (unpaired) electrons. The second kappa shape index (κ2) is 7.99. The number of carbonyl (C=O) groups is 2. The van der Waals surface area contributed by atoms with Gasteiger partial charge in [0.15, 0.2) is 5.76 Å². The molecule has 2 atom stereocenters. The number of rotatable bonds is 5. The second-order valence-corrected chi connectivity index (χ2v) is 7.60. The Bertz CT molecular complexity index is 785. The number of hydrogen-bond donors (Lipinski definition) is 1. The molecule has 2 heterocycles. The summed E-state index contributed by atoms with van der Waals surface area (Å²) >= 11 is 1.65. The smallest absolute Gasteiger partial charge is 0.289 e. The zero-order valence-electron chi connectivity index (χ0n) is 15.3. The van der Waals surface area contributed by atoms with E-state index in [1.54, 1.807) is 22.7 Å². The van der Waals surface area contributed by atoms with Crippen molar-refractivity contribution in [3.8, 4) is 0 Å². The number of amides is 2. The van der Waals surface area contributed by atoms with Crippen LogP contribution in [0, 0.1) is 6.92 Å². The Morgan fingerprint density at radius 1 is 1.19 bits per heavy atom. The number of furan rings is 1. The Morgan fingerprint density at radius 3 is 2.58 bits per heavy atom. The Labute approximate surface area is 158 Å². The molecule has 3 rings (SSSR count). The average Bonchev–Trinajstić information content (AvgIpc) is 3.22. The lowest BCUT2D eigenvalue weighted by Gasteiger charge is -2.19. The first-order valence-corrected chi connectivity index (χ1v) is 10.1. The summed E-state index contributed by atoms with van der Waals surface area (Å²) in [5.41, 5.74) is 2.32. The Morgan fingerprint density at radius 2 is 1.92 bits per heavy atom. The topological polar surface area (TPSA) is 62.6 Å². The highest BCUT2D eigenvalue weighted by molar-refractivity contribution is 7.97. The fourth-order valence-corrected chi connectivity index (χ4v) is 3.84. The molecule has 1 aliphatic rings. The van der Waals surface area contributed by atoms with Crippen LogP contribution in [-0.2, 0) is 10.5 Å². The summed E-state index contributed by atoms with van der Waals surface area (Å²) in [6.07, 6.45) is 1.99. The molecule has 1 N–H and O–H groups in total. The van der Waals surface area contributed by atoms with Crippen molar-refractivity contribution in [1.82, 2.24) is 10.2 Å². The Hall–Kier alpha value is -2.21. The van der Waals surface area contributed by atoms with Gasteiger partial charge in [-0.1, -0.05) is 29.8 Å². The quantitative estimate of drug-likeness (QED) is 0.875. The van der Waals surface area contributed by atoms with E-state index in [0.29, 0.717) is 18.8 Å². The van der Waals surface area contributed by atoms with Gasteiger partial charge < -0.3 is 14.6 Å². The zero-order valence-corrected chi connectivity index (χ0v) is 16.1. The normalized spacial score (nSPS) is 19.6.